The Bertz CT molecular complexity index is 566. The summed E-state index contributed by atoms with van der Waals surface area (Å²) < 4.78 is 0. The highest BCUT2D eigenvalue weighted by atomic mass is 15.3. The second-order valence-corrected chi connectivity index (χ2v) is 5.78. The Balaban J connectivity index is 1.50. The Morgan fingerprint density at radius 3 is 1.55 bits per heavy atom. The number of nitrogens with zero attached hydrogens (tertiary/aromatic N) is 6. The molecule has 0 atom stereocenters. The molecular formula is C16H22N6. The van der Waals surface area contributed by atoms with Gasteiger partial charge in [0.25, 0.3) is 0 Å². The van der Waals surface area contributed by atoms with Crippen LogP contribution in [0.4, 0.5) is 0 Å². The first kappa shape index (κ1) is 15.0. The predicted molar refractivity (Wildman–Crippen MR) is 84.1 cm³/mol. The van der Waals surface area contributed by atoms with Gasteiger partial charge in [-0.05, 0) is 26.0 Å². The molecule has 1 fully saturated rings. The Kier molecular flexibility index (Phi) is 4.70. The van der Waals surface area contributed by atoms with Crippen LogP contribution in [-0.4, -0.2) is 55.9 Å². The molecular weight excluding hydrogens is 276 g/mol. The lowest BCUT2D eigenvalue weighted by Gasteiger charge is -2.33. The van der Waals surface area contributed by atoms with Gasteiger partial charge < -0.3 is 0 Å². The van der Waals surface area contributed by atoms with Crippen LogP contribution in [0.15, 0.2) is 24.5 Å². The molecule has 116 valence electrons. The van der Waals surface area contributed by atoms with E-state index in [-0.39, 0.29) is 0 Å². The standard InChI is InChI=1S/C16H22N6/c1-13-3-5-17-15(19-13)11-21-7-9-22(10-8-21)12-16-18-6-4-14(2)20-16/h3-6H,7-12H2,1-2H3. The van der Waals surface area contributed by atoms with E-state index in [2.05, 4.69) is 29.7 Å². The molecule has 0 aromatic carbocycles. The molecule has 2 aromatic heterocycles. The van der Waals surface area contributed by atoms with E-state index < -0.39 is 0 Å². The van der Waals surface area contributed by atoms with Crippen LogP contribution in [0.25, 0.3) is 0 Å². The molecule has 22 heavy (non-hydrogen) atoms. The summed E-state index contributed by atoms with van der Waals surface area (Å²) >= 11 is 0. The highest BCUT2D eigenvalue weighted by Gasteiger charge is 2.18. The normalized spacial score (nSPS) is 16.8. The molecule has 3 rings (SSSR count). The fraction of sp³-hybridized carbons (Fsp3) is 0.500. The summed E-state index contributed by atoms with van der Waals surface area (Å²) in [6.07, 6.45) is 3.67. The number of piperazine rings is 1. The molecule has 3 heterocycles. The second kappa shape index (κ2) is 6.89. The van der Waals surface area contributed by atoms with E-state index >= 15 is 0 Å². The van der Waals surface area contributed by atoms with Crippen molar-refractivity contribution < 1.29 is 0 Å². The van der Waals surface area contributed by atoms with E-state index in [9.17, 15) is 0 Å². The molecule has 0 spiro atoms. The second-order valence-electron chi connectivity index (χ2n) is 5.78. The summed E-state index contributed by atoms with van der Waals surface area (Å²) in [4.78, 5) is 22.5. The van der Waals surface area contributed by atoms with E-state index in [1.165, 1.54) is 0 Å². The van der Waals surface area contributed by atoms with Crippen LogP contribution < -0.4 is 0 Å². The van der Waals surface area contributed by atoms with Crippen molar-refractivity contribution in [3.05, 3.63) is 47.6 Å². The zero-order valence-corrected chi connectivity index (χ0v) is 13.2. The highest BCUT2D eigenvalue weighted by Crippen LogP contribution is 2.08. The molecule has 0 radical (unpaired) electrons. The summed E-state index contributed by atoms with van der Waals surface area (Å²) in [7, 11) is 0. The Morgan fingerprint density at radius 2 is 1.18 bits per heavy atom. The van der Waals surface area contributed by atoms with E-state index in [0.29, 0.717) is 0 Å². The zero-order valence-electron chi connectivity index (χ0n) is 13.2. The predicted octanol–water partition coefficient (Wildman–Crippen LogP) is 1.20. The number of aryl methyl sites for hydroxylation is 2. The summed E-state index contributed by atoms with van der Waals surface area (Å²) in [5.74, 6) is 1.82. The average Bonchev–Trinajstić information content (AvgIpc) is 2.49. The maximum Gasteiger partial charge on any atom is 0.142 e. The Morgan fingerprint density at radius 1 is 0.773 bits per heavy atom. The lowest BCUT2D eigenvalue weighted by atomic mass is 10.3. The monoisotopic (exact) mass is 298 g/mol. The number of rotatable bonds is 4. The highest BCUT2D eigenvalue weighted by molar-refractivity contribution is 5.01. The third kappa shape index (κ3) is 4.05. The molecule has 0 aliphatic carbocycles. The van der Waals surface area contributed by atoms with E-state index in [1.54, 1.807) is 0 Å². The molecule has 0 saturated carbocycles. The summed E-state index contributed by atoms with van der Waals surface area (Å²) in [5, 5.41) is 0. The fourth-order valence-corrected chi connectivity index (χ4v) is 2.66. The molecule has 6 heteroatoms. The van der Waals surface area contributed by atoms with Crippen molar-refractivity contribution in [3.63, 3.8) is 0 Å². The van der Waals surface area contributed by atoms with Crippen molar-refractivity contribution in [1.82, 2.24) is 29.7 Å². The van der Waals surface area contributed by atoms with Gasteiger partial charge in [0.15, 0.2) is 0 Å². The largest absolute Gasteiger partial charge is 0.293 e. The van der Waals surface area contributed by atoms with E-state index in [4.69, 9.17) is 0 Å². The van der Waals surface area contributed by atoms with Gasteiger partial charge in [0.05, 0.1) is 13.1 Å². The Hall–Kier alpha value is -1.92. The van der Waals surface area contributed by atoms with Crippen LogP contribution >= 0.6 is 0 Å². The van der Waals surface area contributed by atoms with Crippen LogP contribution in [-0.2, 0) is 13.1 Å². The number of aromatic nitrogens is 4. The minimum absolute atomic E-state index is 0.830. The van der Waals surface area contributed by atoms with Crippen LogP contribution in [0.3, 0.4) is 0 Å². The molecule has 0 N–H and O–H groups in total. The molecule has 0 amide bonds. The molecule has 6 nitrogen and oxygen atoms in total. The SMILES string of the molecule is Cc1ccnc(CN2CCN(Cc3nccc(C)n3)CC2)n1. The topological polar surface area (TPSA) is 58.0 Å². The van der Waals surface area contributed by atoms with E-state index in [1.807, 2.05) is 38.4 Å². The number of hydrogen-bond donors (Lipinski definition) is 0. The van der Waals surface area contributed by atoms with Gasteiger partial charge in [-0.25, -0.2) is 19.9 Å². The molecule has 1 aliphatic heterocycles. The van der Waals surface area contributed by atoms with Crippen LogP contribution in [0.1, 0.15) is 23.0 Å². The minimum Gasteiger partial charge on any atom is -0.293 e. The third-order valence-electron chi connectivity index (χ3n) is 3.88. The molecule has 0 bridgehead atoms. The molecule has 1 aliphatic rings. The van der Waals surface area contributed by atoms with Crippen molar-refractivity contribution in [2.24, 2.45) is 0 Å². The van der Waals surface area contributed by atoms with Gasteiger partial charge in [-0.3, -0.25) is 9.80 Å². The first-order valence-corrected chi connectivity index (χ1v) is 7.71. The smallest absolute Gasteiger partial charge is 0.142 e. The van der Waals surface area contributed by atoms with Crippen LogP contribution in [0.5, 0.6) is 0 Å². The van der Waals surface area contributed by atoms with Crippen LogP contribution in [0, 0.1) is 13.8 Å². The van der Waals surface area contributed by atoms with Crippen molar-refractivity contribution in [1.29, 1.82) is 0 Å². The quantitative estimate of drug-likeness (QED) is 0.845. The van der Waals surface area contributed by atoms with Gasteiger partial charge in [-0.2, -0.15) is 0 Å². The van der Waals surface area contributed by atoms with Crippen molar-refractivity contribution in [2.45, 2.75) is 26.9 Å². The van der Waals surface area contributed by atoms with Gasteiger partial charge in [-0.1, -0.05) is 0 Å². The lowest BCUT2D eigenvalue weighted by Crippen LogP contribution is -2.45. The van der Waals surface area contributed by atoms with Gasteiger partial charge >= 0.3 is 0 Å². The first-order valence-electron chi connectivity index (χ1n) is 7.71. The fourth-order valence-electron chi connectivity index (χ4n) is 2.66. The van der Waals surface area contributed by atoms with Gasteiger partial charge in [0, 0.05) is 50.0 Å². The minimum atomic E-state index is 0.830. The van der Waals surface area contributed by atoms with Gasteiger partial charge in [0.2, 0.25) is 0 Å². The number of hydrogen-bond acceptors (Lipinski definition) is 6. The summed E-state index contributed by atoms with van der Waals surface area (Å²) in [5.41, 5.74) is 2.06. The van der Waals surface area contributed by atoms with E-state index in [0.717, 1.165) is 62.3 Å². The Labute approximate surface area is 131 Å². The molecule has 2 aromatic rings. The lowest BCUT2D eigenvalue weighted by molar-refractivity contribution is 0.117. The molecule has 1 saturated heterocycles. The maximum absolute atomic E-state index is 4.48. The van der Waals surface area contributed by atoms with Crippen molar-refractivity contribution in [2.75, 3.05) is 26.2 Å². The zero-order chi connectivity index (χ0) is 15.4. The summed E-state index contributed by atoms with van der Waals surface area (Å²) in [6.45, 7) is 9.79. The van der Waals surface area contributed by atoms with Gasteiger partial charge in [-0.15, -0.1) is 0 Å². The first-order chi connectivity index (χ1) is 10.7. The summed E-state index contributed by atoms with van der Waals surface area (Å²) in [6, 6.07) is 3.87. The van der Waals surface area contributed by atoms with Crippen molar-refractivity contribution >= 4 is 0 Å². The average molecular weight is 298 g/mol. The van der Waals surface area contributed by atoms with Crippen molar-refractivity contribution in [3.8, 4) is 0 Å². The van der Waals surface area contributed by atoms with Crippen LogP contribution in [0.2, 0.25) is 0 Å². The maximum atomic E-state index is 4.48. The molecule has 0 unspecified atom stereocenters. The van der Waals surface area contributed by atoms with Gasteiger partial charge in [0.1, 0.15) is 11.6 Å². The third-order valence-corrected chi connectivity index (χ3v) is 3.88.